The van der Waals surface area contributed by atoms with E-state index in [9.17, 15) is 18.0 Å². The molecule has 0 radical (unpaired) electrons. The number of carboxylic acids is 1. The number of hydrogen-bond acceptors (Lipinski definition) is 6. The van der Waals surface area contributed by atoms with Gasteiger partial charge in [-0.15, -0.1) is 0 Å². The first-order valence-corrected chi connectivity index (χ1v) is 10.8. The van der Waals surface area contributed by atoms with Crippen molar-refractivity contribution in [3.05, 3.63) is 29.3 Å². The number of carbonyl (C=O) groups is 2. The van der Waals surface area contributed by atoms with E-state index in [0.29, 0.717) is 17.9 Å². The van der Waals surface area contributed by atoms with E-state index in [0.717, 1.165) is 0 Å². The van der Waals surface area contributed by atoms with Crippen LogP contribution in [0.2, 0.25) is 5.02 Å². The Balaban J connectivity index is 1.82. The number of halogens is 1. The first kappa shape index (κ1) is 22.6. The Kier molecular flexibility index (Phi) is 7.82. The number of nitrogens with two attached hydrogens (primary N) is 1. The third-order valence-electron chi connectivity index (χ3n) is 4.64. The molecular formula is C18H25ClN2O6S. The molecule has 10 heteroatoms. The first-order valence-electron chi connectivity index (χ1n) is 9.03. The zero-order valence-corrected chi connectivity index (χ0v) is 17.2. The number of ether oxygens (including phenoxy) is 1. The van der Waals surface area contributed by atoms with E-state index in [1.807, 2.05) is 0 Å². The van der Waals surface area contributed by atoms with Gasteiger partial charge in [-0.1, -0.05) is 18.5 Å². The number of rotatable bonds is 8. The van der Waals surface area contributed by atoms with Gasteiger partial charge in [0.25, 0.3) is 0 Å². The Morgan fingerprint density at radius 1 is 1.29 bits per heavy atom. The second-order valence-corrected chi connectivity index (χ2v) is 9.41. The average molecular weight is 433 g/mol. The van der Waals surface area contributed by atoms with E-state index in [1.165, 1.54) is 28.6 Å². The number of carboxylic acid groups (broad SMARTS) is 1. The molecule has 1 fully saturated rings. The number of piperidine rings is 1. The average Bonchev–Trinajstić information content (AvgIpc) is 2.62. The normalized spacial score (nSPS) is 18.4. The summed E-state index contributed by atoms with van der Waals surface area (Å²) in [4.78, 5) is 23.0. The molecule has 1 aromatic rings. The Bertz CT molecular complexity index is 791. The molecule has 156 valence electrons. The monoisotopic (exact) mass is 432 g/mol. The second kappa shape index (κ2) is 9.69. The Morgan fingerprint density at radius 3 is 2.39 bits per heavy atom. The minimum Gasteiger partial charge on any atom is -0.480 e. The van der Waals surface area contributed by atoms with Gasteiger partial charge >= 0.3 is 11.9 Å². The van der Waals surface area contributed by atoms with Gasteiger partial charge in [-0.25, -0.2) is 8.42 Å². The molecule has 28 heavy (non-hydrogen) atoms. The van der Waals surface area contributed by atoms with Crippen LogP contribution in [0.25, 0.3) is 0 Å². The Morgan fingerprint density at radius 2 is 1.86 bits per heavy atom. The Hall–Kier alpha value is -1.68. The zero-order chi connectivity index (χ0) is 20.9. The van der Waals surface area contributed by atoms with Gasteiger partial charge in [-0.05, 0) is 49.4 Å². The van der Waals surface area contributed by atoms with Gasteiger partial charge in [-0.2, -0.15) is 4.31 Å². The highest BCUT2D eigenvalue weighted by Gasteiger charge is 2.31. The second-order valence-electron chi connectivity index (χ2n) is 7.04. The summed E-state index contributed by atoms with van der Waals surface area (Å²) in [7, 11) is -3.61. The highest BCUT2D eigenvalue weighted by molar-refractivity contribution is 7.89. The molecular weight excluding hydrogens is 408 g/mol. The molecule has 0 bridgehead atoms. The van der Waals surface area contributed by atoms with Crippen LogP contribution in [0.1, 0.15) is 32.6 Å². The molecule has 0 aromatic heterocycles. The molecule has 0 aliphatic carbocycles. The summed E-state index contributed by atoms with van der Waals surface area (Å²) in [5, 5.41) is 9.27. The summed E-state index contributed by atoms with van der Waals surface area (Å²) in [5.41, 5.74) is 5.47. The molecule has 1 saturated heterocycles. The number of aliphatic carboxylic acids is 1. The van der Waals surface area contributed by atoms with E-state index in [1.54, 1.807) is 6.92 Å². The number of nitrogens with zero attached hydrogens (tertiary/aromatic N) is 1. The van der Waals surface area contributed by atoms with Crippen LogP contribution in [-0.4, -0.2) is 55.0 Å². The molecule has 0 saturated carbocycles. The highest BCUT2D eigenvalue weighted by atomic mass is 35.5. The van der Waals surface area contributed by atoms with Gasteiger partial charge in [-0.3, -0.25) is 9.59 Å². The van der Waals surface area contributed by atoms with Crippen molar-refractivity contribution in [2.24, 2.45) is 11.7 Å². The van der Waals surface area contributed by atoms with E-state index < -0.39 is 28.0 Å². The van der Waals surface area contributed by atoms with Crippen molar-refractivity contribution >= 4 is 33.6 Å². The summed E-state index contributed by atoms with van der Waals surface area (Å²) in [6.07, 6.45) is 0.708. The lowest BCUT2D eigenvalue weighted by molar-refractivity contribution is -0.152. The topological polar surface area (TPSA) is 127 Å². The highest BCUT2D eigenvalue weighted by Crippen LogP contribution is 2.24. The minimum absolute atomic E-state index is 0.0737. The third-order valence-corrected chi connectivity index (χ3v) is 6.80. The predicted molar refractivity (Wildman–Crippen MR) is 103 cm³/mol. The minimum atomic E-state index is -3.61. The summed E-state index contributed by atoms with van der Waals surface area (Å²) in [6, 6.07) is 4.98. The van der Waals surface area contributed by atoms with Crippen LogP contribution in [0.5, 0.6) is 0 Å². The van der Waals surface area contributed by atoms with Gasteiger partial charge in [0.15, 0.2) is 0 Å². The maximum absolute atomic E-state index is 12.6. The molecule has 0 spiro atoms. The molecule has 1 aromatic carbocycles. The van der Waals surface area contributed by atoms with E-state index in [2.05, 4.69) is 0 Å². The maximum atomic E-state index is 12.6. The number of sulfonamides is 1. The molecule has 3 N–H and O–H groups in total. The van der Waals surface area contributed by atoms with Crippen molar-refractivity contribution in [1.82, 2.24) is 4.31 Å². The molecule has 2 atom stereocenters. The fraction of sp³-hybridized carbons (Fsp3) is 0.556. The number of carbonyl (C=O) groups excluding carboxylic acids is 1. The molecule has 8 nitrogen and oxygen atoms in total. The van der Waals surface area contributed by atoms with Crippen molar-refractivity contribution in [2.75, 3.05) is 13.1 Å². The van der Waals surface area contributed by atoms with E-state index in [-0.39, 0.29) is 42.8 Å². The van der Waals surface area contributed by atoms with Crippen LogP contribution in [0.3, 0.4) is 0 Å². The first-order chi connectivity index (χ1) is 13.1. The third kappa shape index (κ3) is 6.16. The Labute approximate surface area is 169 Å². The lowest BCUT2D eigenvalue weighted by atomic mass is 9.99. The van der Waals surface area contributed by atoms with Crippen LogP contribution in [0.4, 0.5) is 0 Å². The van der Waals surface area contributed by atoms with Gasteiger partial charge in [0.05, 0.1) is 4.90 Å². The van der Waals surface area contributed by atoms with Crippen LogP contribution >= 0.6 is 11.6 Å². The maximum Gasteiger partial charge on any atom is 0.320 e. The van der Waals surface area contributed by atoms with Gasteiger partial charge in [0.1, 0.15) is 12.1 Å². The van der Waals surface area contributed by atoms with Crippen molar-refractivity contribution in [3.63, 3.8) is 0 Å². The summed E-state index contributed by atoms with van der Waals surface area (Å²) < 4.78 is 32.1. The van der Waals surface area contributed by atoms with Gasteiger partial charge < -0.3 is 15.6 Å². The lowest BCUT2D eigenvalue weighted by Gasteiger charge is -2.31. The fourth-order valence-electron chi connectivity index (χ4n) is 3.08. The van der Waals surface area contributed by atoms with E-state index in [4.69, 9.17) is 27.2 Å². The SMILES string of the molecule is CC(CC(=O)OC1CCN(S(=O)(=O)c2ccc(Cl)cc2)CC1)C[C@H](N)C(=O)O. The zero-order valence-electron chi connectivity index (χ0n) is 15.6. The van der Waals surface area contributed by atoms with Crippen LogP contribution < -0.4 is 5.73 Å². The number of benzene rings is 1. The lowest BCUT2D eigenvalue weighted by Crippen LogP contribution is -2.41. The molecule has 0 amide bonds. The van der Waals surface area contributed by atoms with Crippen molar-refractivity contribution < 1.29 is 27.9 Å². The molecule has 1 unspecified atom stereocenters. The van der Waals surface area contributed by atoms with Crippen molar-refractivity contribution in [3.8, 4) is 0 Å². The van der Waals surface area contributed by atoms with Crippen LogP contribution in [0, 0.1) is 5.92 Å². The van der Waals surface area contributed by atoms with Crippen LogP contribution in [0.15, 0.2) is 29.2 Å². The molecule has 1 heterocycles. The van der Waals surface area contributed by atoms with Crippen molar-refractivity contribution in [2.45, 2.75) is 49.6 Å². The summed E-state index contributed by atoms with van der Waals surface area (Å²) >= 11 is 5.80. The van der Waals surface area contributed by atoms with Gasteiger partial charge in [0, 0.05) is 24.5 Å². The molecule has 1 aliphatic heterocycles. The smallest absolute Gasteiger partial charge is 0.320 e. The quantitative estimate of drug-likeness (QED) is 0.600. The van der Waals surface area contributed by atoms with Crippen LogP contribution in [-0.2, 0) is 24.3 Å². The fourth-order valence-corrected chi connectivity index (χ4v) is 4.68. The standard InChI is InChI=1S/C18H25ClN2O6S/c1-12(10-16(20)18(23)24)11-17(22)27-14-6-8-21(9-7-14)28(25,26)15-4-2-13(19)3-5-15/h2-5,12,14,16H,6-11,20H2,1H3,(H,23,24)/t12?,16-/m0/s1. The summed E-state index contributed by atoms with van der Waals surface area (Å²) in [6.45, 7) is 2.25. The predicted octanol–water partition coefficient (Wildman–Crippen LogP) is 1.86. The largest absolute Gasteiger partial charge is 0.480 e. The van der Waals surface area contributed by atoms with Crippen molar-refractivity contribution in [1.29, 1.82) is 0 Å². The molecule has 2 rings (SSSR count). The summed E-state index contributed by atoms with van der Waals surface area (Å²) in [5.74, 6) is -1.75. The number of hydrogen-bond donors (Lipinski definition) is 2. The number of esters is 1. The van der Waals surface area contributed by atoms with E-state index >= 15 is 0 Å². The molecule has 1 aliphatic rings. The van der Waals surface area contributed by atoms with Gasteiger partial charge in [0.2, 0.25) is 10.0 Å².